The lowest BCUT2D eigenvalue weighted by Gasteiger charge is -1.69. The molecule has 0 aliphatic heterocycles. The third-order valence-electron chi connectivity index (χ3n) is 1.00. The number of benzene rings is 1. The van der Waals surface area contributed by atoms with E-state index in [0.29, 0.717) is 0 Å². The molecule has 0 saturated heterocycles. The van der Waals surface area contributed by atoms with Crippen LogP contribution in [0.3, 0.4) is 0 Å². The summed E-state index contributed by atoms with van der Waals surface area (Å²) in [7, 11) is 0. The van der Waals surface area contributed by atoms with Crippen LogP contribution in [0, 0.1) is 0 Å². The van der Waals surface area contributed by atoms with Gasteiger partial charge in [-0.05, 0) is 23.2 Å². The molecule has 0 saturated carbocycles. The van der Waals surface area contributed by atoms with Crippen LogP contribution in [0.2, 0.25) is 0 Å². The molecule has 0 atom stereocenters. The summed E-state index contributed by atoms with van der Waals surface area (Å²) in [5.74, 6) is 0. The highest BCUT2D eigenvalue weighted by atomic mass is 32.1. The summed E-state index contributed by atoms with van der Waals surface area (Å²) in [5, 5.41) is 9.89. The van der Waals surface area contributed by atoms with E-state index in [1.807, 2.05) is 36.4 Å². The van der Waals surface area contributed by atoms with Crippen molar-refractivity contribution in [2.75, 3.05) is 0 Å². The molecule has 0 fully saturated rings. The zero-order valence-corrected chi connectivity index (χ0v) is 7.17. The Hall–Kier alpha value is -1.36. The van der Waals surface area contributed by atoms with Gasteiger partial charge in [-0.3, -0.25) is 0 Å². The van der Waals surface area contributed by atoms with E-state index in [1.165, 1.54) is 10.4 Å². The first-order valence-electron chi connectivity index (χ1n) is 3.32. The topological polar surface area (TPSA) is 43.6 Å². The minimum atomic E-state index is 1.22. The number of aromatic nitrogens is 4. The van der Waals surface area contributed by atoms with Gasteiger partial charge in [-0.1, -0.05) is 36.4 Å². The number of nitrogens with zero attached hydrogens (tertiary/aromatic N) is 4. The Kier molecular flexibility index (Phi) is 3.87. The van der Waals surface area contributed by atoms with Crippen LogP contribution in [-0.4, -0.2) is 19.6 Å². The number of thiol groups is 1. The van der Waals surface area contributed by atoms with Gasteiger partial charge in [-0.25, -0.2) is 0 Å². The lowest BCUT2D eigenvalue weighted by atomic mass is 10.4. The smallest absolute Gasteiger partial charge is 0.150 e. The lowest BCUT2D eigenvalue weighted by Crippen LogP contribution is -1.77. The summed E-state index contributed by atoms with van der Waals surface area (Å²) < 4.78 is 1.22. The summed E-state index contributed by atoms with van der Waals surface area (Å²) in [4.78, 5) is 0. The first kappa shape index (κ1) is 8.73. The molecule has 62 valence electrons. The SMILES string of the molecule is Sn1cnnn1.c1ccccc1. The van der Waals surface area contributed by atoms with Gasteiger partial charge in [0.1, 0.15) is 0 Å². The number of hydrogen-bond acceptors (Lipinski definition) is 4. The quantitative estimate of drug-likeness (QED) is 0.616. The maximum atomic E-state index is 3.72. The van der Waals surface area contributed by atoms with Gasteiger partial charge in [0.25, 0.3) is 0 Å². The van der Waals surface area contributed by atoms with E-state index in [-0.39, 0.29) is 0 Å². The molecule has 0 bridgehead atoms. The molecule has 0 aliphatic rings. The van der Waals surface area contributed by atoms with Crippen LogP contribution in [0.4, 0.5) is 0 Å². The molecule has 2 rings (SSSR count). The zero-order chi connectivity index (χ0) is 8.65. The van der Waals surface area contributed by atoms with Crippen molar-refractivity contribution in [3.63, 3.8) is 0 Å². The Balaban J connectivity index is 0.000000120. The van der Waals surface area contributed by atoms with Gasteiger partial charge in [0.05, 0.1) is 0 Å². The van der Waals surface area contributed by atoms with Gasteiger partial charge in [-0.2, -0.15) is 4.09 Å². The van der Waals surface area contributed by atoms with Gasteiger partial charge in [0, 0.05) is 0 Å². The second kappa shape index (κ2) is 5.31. The van der Waals surface area contributed by atoms with Crippen molar-refractivity contribution in [3.05, 3.63) is 42.7 Å². The molecule has 2 aromatic rings. The molecule has 1 aromatic carbocycles. The Morgan fingerprint density at radius 1 is 0.917 bits per heavy atom. The van der Waals surface area contributed by atoms with Crippen LogP contribution in [0.1, 0.15) is 0 Å². The third kappa shape index (κ3) is 3.72. The van der Waals surface area contributed by atoms with E-state index >= 15 is 0 Å². The van der Waals surface area contributed by atoms with Crippen LogP contribution in [0.15, 0.2) is 42.7 Å². The second-order valence-corrected chi connectivity index (χ2v) is 2.29. The fourth-order valence-electron chi connectivity index (χ4n) is 0.541. The van der Waals surface area contributed by atoms with Gasteiger partial charge >= 0.3 is 0 Å². The fourth-order valence-corrected chi connectivity index (χ4v) is 0.623. The normalized spacial score (nSPS) is 8.42. The predicted octanol–water partition coefficient (Wildman–Crippen LogP) is 1.05. The summed E-state index contributed by atoms with van der Waals surface area (Å²) in [6.45, 7) is 0. The minimum Gasteiger partial charge on any atom is -0.177 e. The Morgan fingerprint density at radius 3 is 1.58 bits per heavy atom. The summed E-state index contributed by atoms with van der Waals surface area (Å²) in [6, 6.07) is 12.0. The van der Waals surface area contributed by atoms with Crippen molar-refractivity contribution < 1.29 is 0 Å². The minimum absolute atomic E-state index is 1.22. The van der Waals surface area contributed by atoms with E-state index in [0.717, 1.165) is 0 Å². The van der Waals surface area contributed by atoms with Crippen LogP contribution in [0.25, 0.3) is 0 Å². The van der Waals surface area contributed by atoms with Crippen molar-refractivity contribution in [1.29, 1.82) is 0 Å². The first-order valence-corrected chi connectivity index (χ1v) is 3.72. The summed E-state index contributed by atoms with van der Waals surface area (Å²) in [6.07, 6.45) is 1.39. The number of hydrogen-bond donors (Lipinski definition) is 1. The molecular formula is C7H8N4S. The lowest BCUT2D eigenvalue weighted by molar-refractivity contribution is 0.857. The van der Waals surface area contributed by atoms with Crippen molar-refractivity contribution in [2.45, 2.75) is 0 Å². The average Bonchev–Trinajstić information content (AvgIpc) is 2.60. The summed E-state index contributed by atoms with van der Waals surface area (Å²) >= 11 is 3.72. The second-order valence-electron chi connectivity index (χ2n) is 1.88. The highest BCUT2D eigenvalue weighted by molar-refractivity contribution is 7.78. The molecular weight excluding hydrogens is 172 g/mol. The van der Waals surface area contributed by atoms with E-state index in [1.54, 1.807) is 0 Å². The fraction of sp³-hybridized carbons (Fsp3) is 0. The van der Waals surface area contributed by atoms with Crippen molar-refractivity contribution >= 4 is 12.8 Å². The molecule has 0 radical (unpaired) electrons. The van der Waals surface area contributed by atoms with E-state index in [4.69, 9.17) is 0 Å². The standard InChI is InChI=1S/C6H6.CH2N4S/c1-2-4-6-5-3-1;6-5-1-2-3-4-5/h1-6H;1,6H. The van der Waals surface area contributed by atoms with Crippen molar-refractivity contribution in [3.8, 4) is 0 Å². The largest absolute Gasteiger partial charge is 0.177 e. The van der Waals surface area contributed by atoms with E-state index in [2.05, 4.69) is 28.3 Å². The molecule has 4 nitrogen and oxygen atoms in total. The number of rotatable bonds is 0. The molecule has 12 heavy (non-hydrogen) atoms. The van der Waals surface area contributed by atoms with Crippen LogP contribution in [0.5, 0.6) is 0 Å². The highest BCUT2D eigenvalue weighted by Gasteiger charge is 1.73. The molecule has 1 aromatic heterocycles. The summed E-state index contributed by atoms with van der Waals surface area (Å²) in [5.41, 5.74) is 0. The van der Waals surface area contributed by atoms with Crippen LogP contribution in [-0.2, 0) is 0 Å². The zero-order valence-electron chi connectivity index (χ0n) is 6.28. The molecule has 0 amide bonds. The predicted molar refractivity (Wildman–Crippen MR) is 48.6 cm³/mol. The molecule has 0 N–H and O–H groups in total. The van der Waals surface area contributed by atoms with Gasteiger partial charge < -0.3 is 0 Å². The van der Waals surface area contributed by atoms with Crippen molar-refractivity contribution in [2.24, 2.45) is 0 Å². The maximum absolute atomic E-state index is 3.72. The average molecular weight is 180 g/mol. The van der Waals surface area contributed by atoms with Gasteiger partial charge in [0.15, 0.2) is 6.33 Å². The Morgan fingerprint density at radius 2 is 1.42 bits per heavy atom. The molecule has 0 spiro atoms. The molecule has 5 heteroatoms. The molecule has 0 unspecified atom stereocenters. The Bertz CT molecular complexity index is 255. The van der Waals surface area contributed by atoms with E-state index < -0.39 is 0 Å². The van der Waals surface area contributed by atoms with Crippen molar-refractivity contribution in [1.82, 2.24) is 19.6 Å². The van der Waals surface area contributed by atoms with Crippen LogP contribution >= 0.6 is 12.8 Å². The first-order chi connectivity index (χ1) is 5.89. The highest BCUT2D eigenvalue weighted by Crippen LogP contribution is 1.79. The van der Waals surface area contributed by atoms with Gasteiger partial charge in [-0.15, -0.1) is 5.10 Å². The molecule has 0 aliphatic carbocycles. The van der Waals surface area contributed by atoms with E-state index in [9.17, 15) is 0 Å². The Labute approximate surface area is 75.8 Å². The van der Waals surface area contributed by atoms with Gasteiger partial charge in [0.2, 0.25) is 0 Å². The van der Waals surface area contributed by atoms with Crippen LogP contribution < -0.4 is 0 Å². The third-order valence-corrected chi connectivity index (χ3v) is 1.19. The number of tetrazole rings is 1. The maximum Gasteiger partial charge on any atom is 0.150 e. The molecule has 1 heterocycles. The monoisotopic (exact) mass is 180 g/mol.